The molecule has 0 spiro atoms. The van der Waals surface area contributed by atoms with E-state index in [4.69, 9.17) is 11.6 Å². The lowest BCUT2D eigenvalue weighted by atomic mass is 10.0. The molecule has 1 aromatic carbocycles. The second-order valence-electron chi connectivity index (χ2n) is 3.81. The Morgan fingerprint density at radius 3 is 2.38 bits per heavy atom. The van der Waals surface area contributed by atoms with E-state index < -0.39 is 0 Å². The maximum absolute atomic E-state index is 6.09. The number of nitrogens with zero attached hydrogens (tertiary/aromatic N) is 1. The fraction of sp³-hybridized carbons (Fsp3) is 0.214. The smallest absolute Gasteiger partial charge is 0.0472 e. The van der Waals surface area contributed by atoms with E-state index >= 15 is 0 Å². The molecule has 0 amide bonds. The zero-order valence-corrected chi connectivity index (χ0v) is 10.0. The van der Waals surface area contributed by atoms with Gasteiger partial charge in [0.2, 0.25) is 0 Å². The van der Waals surface area contributed by atoms with E-state index in [1.165, 1.54) is 11.1 Å². The van der Waals surface area contributed by atoms with Crippen molar-refractivity contribution >= 4 is 11.6 Å². The van der Waals surface area contributed by atoms with E-state index in [9.17, 15) is 0 Å². The van der Waals surface area contributed by atoms with Gasteiger partial charge in [-0.2, -0.15) is 0 Å². The predicted molar refractivity (Wildman–Crippen MR) is 67.9 cm³/mol. The van der Waals surface area contributed by atoms with Gasteiger partial charge in [0.15, 0.2) is 0 Å². The van der Waals surface area contributed by atoms with Crippen molar-refractivity contribution in [2.75, 3.05) is 0 Å². The van der Waals surface area contributed by atoms with E-state index in [0.29, 0.717) is 0 Å². The summed E-state index contributed by atoms with van der Waals surface area (Å²) in [6.45, 7) is 2.16. The highest BCUT2D eigenvalue weighted by Crippen LogP contribution is 2.18. The normalized spacial score (nSPS) is 10.4. The molecule has 1 nitrogen and oxygen atoms in total. The predicted octanol–water partition coefficient (Wildman–Crippen LogP) is 3.89. The summed E-state index contributed by atoms with van der Waals surface area (Å²) >= 11 is 6.09. The molecule has 0 fully saturated rings. The van der Waals surface area contributed by atoms with E-state index in [0.717, 1.165) is 23.4 Å². The number of aryl methyl sites for hydroxylation is 1. The largest absolute Gasteiger partial charge is 0.264 e. The van der Waals surface area contributed by atoms with E-state index in [1.807, 2.05) is 12.3 Å². The molecule has 0 aliphatic rings. The summed E-state index contributed by atoms with van der Waals surface area (Å²) in [5.74, 6) is 0. The zero-order chi connectivity index (χ0) is 11.4. The fourth-order valence-electron chi connectivity index (χ4n) is 1.65. The summed E-state index contributed by atoms with van der Waals surface area (Å²) in [7, 11) is 0. The van der Waals surface area contributed by atoms with Crippen molar-refractivity contribution in [3.63, 3.8) is 0 Å². The lowest BCUT2D eigenvalue weighted by molar-refractivity contribution is 1.11. The Labute approximate surface area is 101 Å². The Morgan fingerprint density at radius 2 is 1.75 bits per heavy atom. The molecule has 0 N–H and O–H groups in total. The summed E-state index contributed by atoms with van der Waals surface area (Å²) in [5.41, 5.74) is 3.71. The van der Waals surface area contributed by atoms with Gasteiger partial charge in [-0.3, -0.25) is 4.98 Å². The van der Waals surface area contributed by atoms with E-state index in [-0.39, 0.29) is 0 Å². The van der Waals surface area contributed by atoms with Gasteiger partial charge in [0.05, 0.1) is 0 Å². The standard InChI is InChI=1S/C14H14ClN/c1-2-11-3-5-12(6-4-11)9-13-10-16-8-7-14(13)15/h3-8,10H,2,9H2,1H3. The Balaban J connectivity index is 2.18. The van der Waals surface area contributed by atoms with Gasteiger partial charge in [-0.1, -0.05) is 42.8 Å². The molecule has 1 heterocycles. The number of hydrogen-bond acceptors (Lipinski definition) is 1. The molecule has 1 aromatic heterocycles. The maximum atomic E-state index is 6.09. The first-order chi connectivity index (χ1) is 7.79. The highest BCUT2D eigenvalue weighted by molar-refractivity contribution is 6.31. The van der Waals surface area contributed by atoms with E-state index in [2.05, 4.69) is 36.2 Å². The lowest BCUT2D eigenvalue weighted by Crippen LogP contribution is -1.91. The zero-order valence-electron chi connectivity index (χ0n) is 9.28. The average molecular weight is 232 g/mol. The van der Waals surface area contributed by atoms with Gasteiger partial charge in [0, 0.05) is 23.8 Å². The molecule has 0 aliphatic heterocycles. The molecular formula is C14H14ClN. The first-order valence-electron chi connectivity index (χ1n) is 5.46. The van der Waals surface area contributed by atoms with Gasteiger partial charge in [0.25, 0.3) is 0 Å². The minimum absolute atomic E-state index is 0.787. The van der Waals surface area contributed by atoms with Crippen LogP contribution in [-0.4, -0.2) is 4.98 Å². The molecule has 2 rings (SSSR count). The van der Waals surface area contributed by atoms with Crippen LogP contribution in [0.3, 0.4) is 0 Å². The third-order valence-electron chi connectivity index (χ3n) is 2.67. The van der Waals surface area contributed by atoms with Gasteiger partial charge >= 0.3 is 0 Å². The monoisotopic (exact) mass is 231 g/mol. The molecule has 2 heteroatoms. The third kappa shape index (κ3) is 2.61. The average Bonchev–Trinajstić information content (AvgIpc) is 2.33. The first-order valence-corrected chi connectivity index (χ1v) is 5.83. The van der Waals surface area contributed by atoms with Gasteiger partial charge in [-0.25, -0.2) is 0 Å². The van der Waals surface area contributed by atoms with Gasteiger partial charge in [0.1, 0.15) is 0 Å². The van der Waals surface area contributed by atoms with Crippen molar-refractivity contribution in [2.45, 2.75) is 19.8 Å². The van der Waals surface area contributed by atoms with Crippen LogP contribution in [0.2, 0.25) is 5.02 Å². The Morgan fingerprint density at radius 1 is 1.06 bits per heavy atom. The molecule has 2 aromatic rings. The lowest BCUT2D eigenvalue weighted by Gasteiger charge is -2.04. The fourth-order valence-corrected chi connectivity index (χ4v) is 1.82. The molecule has 0 saturated heterocycles. The topological polar surface area (TPSA) is 12.9 Å². The Bertz CT molecular complexity index is 462. The SMILES string of the molecule is CCc1ccc(Cc2cnccc2Cl)cc1. The maximum Gasteiger partial charge on any atom is 0.0472 e. The Hall–Kier alpha value is -1.34. The van der Waals surface area contributed by atoms with Crippen LogP contribution in [0.4, 0.5) is 0 Å². The Kier molecular flexibility index (Phi) is 3.58. The molecule has 0 unspecified atom stereocenters. The highest BCUT2D eigenvalue weighted by atomic mass is 35.5. The number of pyridine rings is 1. The van der Waals surface area contributed by atoms with Crippen molar-refractivity contribution in [1.82, 2.24) is 4.98 Å². The van der Waals surface area contributed by atoms with Crippen LogP contribution in [0.25, 0.3) is 0 Å². The highest BCUT2D eigenvalue weighted by Gasteiger charge is 2.01. The molecule has 0 radical (unpaired) electrons. The summed E-state index contributed by atoms with van der Waals surface area (Å²) in [6.07, 6.45) is 5.46. The van der Waals surface area contributed by atoms with Gasteiger partial charge in [-0.05, 0) is 29.2 Å². The molecule has 0 bridgehead atoms. The van der Waals surface area contributed by atoms with Gasteiger partial charge < -0.3 is 0 Å². The van der Waals surface area contributed by atoms with E-state index in [1.54, 1.807) is 6.20 Å². The second kappa shape index (κ2) is 5.13. The van der Waals surface area contributed by atoms with Crippen LogP contribution in [0.5, 0.6) is 0 Å². The number of benzene rings is 1. The molecule has 16 heavy (non-hydrogen) atoms. The number of halogens is 1. The van der Waals surface area contributed by atoms with Crippen LogP contribution < -0.4 is 0 Å². The van der Waals surface area contributed by atoms with Crippen molar-refractivity contribution in [3.05, 3.63) is 64.4 Å². The molecule has 0 saturated carbocycles. The van der Waals surface area contributed by atoms with Crippen LogP contribution in [-0.2, 0) is 12.8 Å². The summed E-state index contributed by atoms with van der Waals surface area (Å²) in [4.78, 5) is 4.09. The van der Waals surface area contributed by atoms with Crippen molar-refractivity contribution in [2.24, 2.45) is 0 Å². The van der Waals surface area contributed by atoms with Crippen LogP contribution >= 0.6 is 11.6 Å². The summed E-state index contributed by atoms with van der Waals surface area (Å²) in [5, 5.41) is 0.787. The number of rotatable bonds is 3. The summed E-state index contributed by atoms with van der Waals surface area (Å²) < 4.78 is 0. The first kappa shape index (κ1) is 11.2. The number of hydrogen-bond donors (Lipinski definition) is 0. The van der Waals surface area contributed by atoms with Crippen molar-refractivity contribution < 1.29 is 0 Å². The van der Waals surface area contributed by atoms with Crippen LogP contribution in [0.15, 0.2) is 42.7 Å². The molecular weight excluding hydrogens is 218 g/mol. The molecule has 0 atom stereocenters. The van der Waals surface area contributed by atoms with Crippen molar-refractivity contribution in [1.29, 1.82) is 0 Å². The van der Waals surface area contributed by atoms with Crippen LogP contribution in [0.1, 0.15) is 23.6 Å². The van der Waals surface area contributed by atoms with Crippen LogP contribution in [0, 0.1) is 0 Å². The van der Waals surface area contributed by atoms with Gasteiger partial charge in [-0.15, -0.1) is 0 Å². The minimum Gasteiger partial charge on any atom is -0.264 e. The molecule has 0 aliphatic carbocycles. The second-order valence-corrected chi connectivity index (χ2v) is 4.22. The minimum atomic E-state index is 0.787. The molecule has 82 valence electrons. The summed E-state index contributed by atoms with van der Waals surface area (Å²) in [6, 6.07) is 10.5. The number of aromatic nitrogens is 1. The van der Waals surface area contributed by atoms with Crippen molar-refractivity contribution in [3.8, 4) is 0 Å². The third-order valence-corrected chi connectivity index (χ3v) is 3.04. The quantitative estimate of drug-likeness (QED) is 0.781.